The molecule has 1 aliphatic heterocycles. The van der Waals surface area contributed by atoms with Crippen molar-refractivity contribution >= 4 is 16.9 Å². The van der Waals surface area contributed by atoms with Crippen LogP contribution < -0.4 is 29.6 Å². The van der Waals surface area contributed by atoms with E-state index in [2.05, 4.69) is 4.72 Å². The van der Waals surface area contributed by atoms with Crippen molar-refractivity contribution in [2.45, 2.75) is 4.90 Å². The van der Waals surface area contributed by atoms with Crippen molar-refractivity contribution in [2.75, 3.05) is 0 Å². The summed E-state index contributed by atoms with van der Waals surface area (Å²) in [7, 11) is -1.45. The quantitative estimate of drug-likeness (QED) is 0.454. The van der Waals surface area contributed by atoms with Crippen molar-refractivity contribution in [1.29, 1.82) is 0 Å². The molecule has 1 heterocycles. The molecule has 12 heavy (non-hydrogen) atoms. The fourth-order valence-electron chi connectivity index (χ4n) is 0.969. The number of nitrogens with zero attached hydrogens (tertiary/aromatic N) is 1. The standard InChI is InChI=1S/C7H5NO2S.Na/c9-7-5-3-1-2-4-6(5)11(10)8-7;/h1-4H,(H,8,9);/q;+1/p-1. The topological polar surface area (TPSA) is 48.2 Å². The Labute approximate surface area is 94.4 Å². The van der Waals surface area contributed by atoms with E-state index in [1.807, 2.05) is 0 Å². The Bertz CT molecular complexity index is 320. The molecule has 56 valence electrons. The van der Waals surface area contributed by atoms with E-state index in [-0.39, 0.29) is 35.5 Å². The van der Waals surface area contributed by atoms with Gasteiger partial charge in [0, 0.05) is 10.5 Å². The molecule has 5 heteroatoms. The summed E-state index contributed by atoms with van der Waals surface area (Å²) in [5.41, 5.74) is 0.464. The van der Waals surface area contributed by atoms with Crippen LogP contribution in [-0.4, -0.2) is 10.1 Å². The zero-order chi connectivity index (χ0) is 7.84. The van der Waals surface area contributed by atoms with Gasteiger partial charge in [-0.1, -0.05) is 18.2 Å². The van der Waals surface area contributed by atoms with Gasteiger partial charge in [-0.05, 0) is 17.1 Å². The Morgan fingerprint density at radius 2 is 1.92 bits per heavy atom. The molecule has 1 atom stereocenters. The zero-order valence-electron chi connectivity index (χ0n) is 6.48. The second-order valence-corrected chi connectivity index (χ2v) is 3.26. The second kappa shape index (κ2) is 3.70. The molecule has 3 nitrogen and oxygen atoms in total. The number of fused-ring (bicyclic) bond motifs is 1. The van der Waals surface area contributed by atoms with Crippen molar-refractivity contribution in [2.24, 2.45) is 0 Å². The van der Waals surface area contributed by atoms with Gasteiger partial charge in [0.15, 0.2) is 0 Å². The number of benzene rings is 1. The normalized spacial score (nSPS) is 19.3. The van der Waals surface area contributed by atoms with Gasteiger partial charge in [-0.3, -0.25) is 4.21 Å². The minimum absolute atomic E-state index is 0. The molecule has 1 amide bonds. The first kappa shape index (κ1) is 9.92. The molecular formula is C7H4NNaO2S. The van der Waals surface area contributed by atoms with Crippen LogP contribution >= 0.6 is 0 Å². The largest absolute Gasteiger partial charge is 1.00 e. The molecule has 1 aliphatic rings. The van der Waals surface area contributed by atoms with E-state index < -0.39 is 11.0 Å². The van der Waals surface area contributed by atoms with Crippen molar-refractivity contribution in [3.8, 4) is 0 Å². The van der Waals surface area contributed by atoms with E-state index in [1.54, 1.807) is 24.3 Å². The Kier molecular flexibility index (Phi) is 3.06. The molecule has 2 rings (SSSR count). The molecule has 0 bridgehead atoms. The summed E-state index contributed by atoms with van der Waals surface area (Å²) in [6.07, 6.45) is 0. The van der Waals surface area contributed by atoms with Gasteiger partial charge in [0.25, 0.3) is 0 Å². The van der Waals surface area contributed by atoms with Crippen LogP contribution in [0.2, 0.25) is 0 Å². The predicted molar refractivity (Wildman–Crippen MR) is 40.5 cm³/mol. The maximum Gasteiger partial charge on any atom is 1.00 e. The van der Waals surface area contributed by atoms with Crippen LogP contribution in [0.5, 0.6) is 0 Å². The number of carbonyl (C=O) groups excluding carboxylic acids is 1. The van der Waals surface area contributed by atoms with Gasteiger partial charge in [0.2, 0.25) is 0 Å². The first-order valence-corrected chi connectivity index (χ1v) is 4.17. The van der Waals surface area contributed by atoms with Crippen LogP contribution in [0.15, 0.2) is 29.2 Å². The van der Waals surface area contributed by atoms with Crippen molar-refractivity contribution in [3.63, 3.8) is 0 Å². The van der Waals surface area contributed by atoms with Gasteiger partial charge in [0.05, 0.1) is 5.91 Å². The maximum absolute atomic E-state index is 11.0. The van der Waals surface area contributed by atoms with Gasteiger partial charge in [-0.25, -0.2) is 0 Å². The summed E-state index contributed by atoms with van der Waals surface area (Å²) < 4.78 is 14.4. The predicted octanol–water partition coefficient (Wildman–Crippen LogP) is -1.76. The van der Waals surface area contributed by atoms with Crippen LogP contribution in [0.4, 0.5) is 0 Å². The molecule has 0 N–H and O–H groups in total. The van der Waals surface area contributed by atoms with E-state index in [0.717, 1.165) is 0 Å². The van der Waals surface area contributed by atoms with E-state index in [4.69, 9.17) is 0 Å². The average molecular weight is 189 g/mol. The maximum atomic E-state index is 11.0. The Morgan fingerprint density at radius 1 is 1.25 bits per heavy atom. The molecule has 0 aromatic heterocycles. The smallest absolute Gasteiger partial charge is 0.563 e. The van der Waals surface area contributed by atoms with Crippen molar-refractivity contribution < 1.29 is 38.6 Å². The number of hydrogen-bond acceptors (Lipinski definition) is 2. The molecule has 0 spiro atoms. The fraction of sp³-hybridized carbons (Fsp3) is 0. The molecule has 0 fully saturated rings. The molecule has 0 saturated carbocycles. The number of hydrogen-bond donors (Lipinski definition) is 0. The monoisotopic (exact) mass is 189 g/mol. The van der Waals surface area contributed by atoms with Crippen LogP contribution in [-0.2, 0) is 11.0 Å². The molecule has 1 aromatic rings. The minimum atomic E-state index is -1.45. The van der Waals surface area contributed by atoms with Crippen LogP contribution in [0.25, 0.3) is 4.72 Å². The van der Waals surface area contributed by atoms with Crippen molar-refractivity contribution in [3.05, 3.63) is 34.6 Å². The molecule has 0 radical (unpaired) electrons. The van der Waals surface area contributed by atoms with Crippen LogP contribution in [0.3, 0.4) is 0 Å². The molecule has 0 saturated heterocycles. The molecule has 0 aliphatic carbocycles. The summed E-state index contributed by atoms with van der Waals surface area (Å²) in [5.74, 6) is -0.376. The Balaban J connectivity index is 0.000000720. The van der Waals surface area contributed by atoms with E-state index >= 15 is 0 Å². The first-order valence-electron chi connectivity index (χ1n) is 3.06. The van der Waals surface area contributed by atoms with E-state index in [0.29, 0.717) is 10.5 Å². The summed E-state index contributed by atoms with van der Waals surface area (Å²) in [4.78, 5) is 11.4. The van der Waals surface area contributed by atoms with Gasteiger partial charge in [-0.15, -0.1) is 0 Å². The van der Waals surface area contributed by atoms with Gasteiger partial charge >= 0.3 is 29.6 Å². The van der Waals surface area contributed by atoms with Crippen molar-refractivity contribution in [1.82, 2.24) is 0 Å². The second-order valence-electron chi connectivity index (χ2n) is 2.14. The third kappa shape index (κ3) is 1.47. The van der Waals surface area contributed by atoms with Crippen LogP contribution in [0, 0.1) is 0 Å². The van der Waals surface area contributed by atoms with Gasteiger partial charge in [-0.2, -0.15) is 0 Å². The number of carbonyl (C=O) groups is 1. The van der Waals surface area contributed by atoms with E-state index in [9.17, 15) is 9.00 Å². The first-order chi connectivity index (χ1) is 5.29. The number of rotatable bonds is 0. The summed E-state index contributed by atoms with van der Waals surface area (Å²) in [6.45, 7) is 0. The summed E-state index contributed by atoms with van der Waals surface area (Å²) in [5, 5.41) is 0. The summed E-state index contributed by atoms with van der Waals surface area (Å²) in [6, 6.07) is 6.76. The molecule has 1 unspecified atom stereocenters. The summed E-state index contributed by atoms with van der Waals surface area (Å²) >= 11 is 0. The fourth-order valence-corrected chi connectivity index (χ4v) is 1.86. The Morgan fingerprint density at radius 3 is 2.58 bits per heavy atom. The minimum Gasteiger partial charge on any atom is -0.563 e. The SMILES string of the molecule is O=C1[N-]S(=O)c2ccccc21.[Na+]. The van der Waals surface area contributed by atoms with E-state index in [1.165, 1.54) is 0 Å². The van der Waals surface area contributed by atoms with Crippen LogP contribution in [0.1, 0.15) is 10.4 Å². The average Bonchev–Trinajstić information content (AvgIpc) is 2.30. The van der Waals surface area contributed by atoms with Gasteiger partial charge in [0.1, 0.15) is 0 Å². The Hall–Kier alpha value is -0.160. The third-order valence-corrected chi connectivity index (χ3v) is 2.54. The number of amides is 1. The van der Waals surface area contributed by atoms with Gasteiger partial charge < -0.3 is 9.52 Å². The zero-order valence-corrected chi connectivity index (χ0v) is 9.30. The molecule has 1 aromatic carbocycles. The third-order valence-electron chi connectivity index (χ3n) is 1.47. The molecular weight excluding hydrogens is 185 g/mol.